The zero-order valence-electron chi connectivity index (χ0n) is 14.5. The maximum Gasteiger partial charge on any atom is 0.0642 e. The van der Waals surface area contributed by atoms with Gasteiger partial charge in [-0.25, -0.2) is 0 Å². The van der Waals surface area contributed by atoms with Gasteiger partial charge >= 0.3 is 0 Å². The zero-order valence-corrected chi connectivity index (χ0v) is 15.5. The fraction of sp³-hybridized carbons (Fsp3) is 1.00. The van der Waals surface area contributed by atoms with Crippen LogP contribution in [0.1, 0.15) is 65.2 Å². The Morgan fingerprint density at radius 3 is 1.38 bits per heavy atom. The van der Waals surface area contributed by atoms with Gasteiger partial charge in [0, 0.05) is 11.1 Å². The summed E-state index contributed by atoms with van der Waals surface area (Å²) in [7, 11) is -1.58. The maximum atomic E-state index is 6.96. The number of hydrogen-bond donors (Lipinski definition) is 2. The lowest BCUT2D eigenvalue weighted by Gasteiger charge is -2.62. The number of fused-ring (bicyclic) bond motifs is 4. The van der Waals surface area contributed by atoms with Crippen molar-refractivity contribution in [3.8, 4) is 0 Å². The fourth-order valence-corrected chi connectivity index (χ4v) is 15.4. The second kappa shape index (κ2) is 3.79. The van der Waals surface area contributed by atoms with Crippen molar-refractivity contribution in [1.29, 1.82) is 0 Å². The van der Waals surface area contributed by atoms with Gasteiger partial charge in [-0.1, -0.05) is 25.9 Å². The Hall–Kier alpha value is 0.137. The van der Waals surface area contributed by atoms with Crippen molar-refractivity contribution in [2.75, 3.05) is 0 Å². The second-order valence-corrected chi connectivity index (χ2v) is 15.4. The van der Waals surface area contributed by atoms with E-state index < -0.39 is 8.07 Å². The zero-order chi connectivity index (χ0) is 15.3. The van der Waals surface area contributed by atoms with Crippen LogP contribution in [0.5, 0.6) is 0 Å². The van der Waals surface area contributed by atoms with Crippen LogP contribution in [0, 0.1) is 11.8 Å². The van der Waals surface area contributed by atoms with Crippen LogP contribution >= 0.6 is 0 Å². The highest BCUT2D eigenvalue weighted by Gasteiger charge is 2.74. The van der Waals surface area contributed by atoms with Gasteiger partial charge in [-0.2, -0.15) is 0 Å². The highest BCUT2D eigenvalue weighted by molar-refractivity contribution is 6.84. The topological polar surface area (TPSA) is 52.0 Å². The van der Waals surface area contributed by atoms with Crippen molar-refractivity contribution in [3.63, 3.8) is 0 Å². The standard InChI is InChI=1S/C18H34N2Si/c1-15(19)9-13-5-7-17(15,11-13)21(3,4)18-8-6-14(12-18)10-16(18,2)20/h13-14H,5-12,19-20H2,1-4H3. The first-order valence-electron chi connectivity index (χ1n) is 9.15. The molecule has 3 heteroatoms. The van der Waals surface area contributed by atoms with Gasteiger partial charge < -0.3 is 11.5 Å². The molecular weight excluding hydrogens is 272 g/mol. The summed E-state index contributed by atoms with van der Waals surface area (Å²) in [5.74, 6) is 1.82. The van der Waals surface area contributed by atoms with E-state index in [0.717, 1.165) is 11.8 Å². The third kappa shape index (κ3) is 1.43. The van der Waals surface area contributed by atoms with Crippen LogP contribution < -0.4 is 11.5 Å². The molecule has 4 N–H and O–H groups in total. The summed E-state index contributed by atoms with van der Waals surface area (Å²) in [5.41, 5.74) is 14.1. The first-order chi connectivity index (χ1) is 9.57. The molecule has 2 nitrogen and oxygen atoms in total. The van der Waals surface area contributed by atoms with E-state index in [2.05, 4.69) is 26.9 Å². The lowest BCUT2D eigenvalue weighted by molar-refractivity contribution is 0.259. The molecule has 0 aromatic heterocycles. The lowest BCUT2D eigenvalue weighted by Crippen LogP contribution is -2.67. The van der Waals surface area contributed by atoms with Crippen molar-refractivity contribution in [1.82, 2.24) is 0 Å². The minimum atomic E-state index is -1.58. The van der Waals surface area contributed by atoms with Crippen LogP contribution in [0.2, 0.25) is 23.2 Å². The van der Waals surface area contributed by atoms with E-state index in [1.54, 1.807) is 0 Å². The average Bonchev–Trinajstić information content (AvgIpc) is 3.02. The van der Waals surface area contributed by atoms with E-state index in [9.17, 15) is 0 Å². The average molecular weight is 307 g/mol. The molecule has 0 aliphatic heterocycles. The normalized spacial score (nSPS) is 59.1. The minimum absolute atomic E-state index is 0.0666. The fourth-order valence-electron chi connectivity index (χ4n) is 8.29. The number of rotatable bonds is 2. The van der Waals surface area contributed by atoms with Gasteiger partial charge in [-0.3, -0.25) is 0 Å². The predicted molar refractivity (Wildman–Crippen MR) is 92.0 cm³/mol. The van der Waals surface area contributed by atoms with Crippen LogP contribution in [-0.4, -0.2) is 19.2 Å². The SMILES string of the molecule is CC1(N)CC2CCC1([Si](C)(C)C13CCC(CC1(C)N)C3)C2. The first-order valence-corrected chi connectivity index (χ1v) is 12.1. The molecule has 4 saturated carbocycles. The van der Waals surface area contributed by atoms with Gasteiger partial charge in [0.15, 0.2) is 0 Å². The molecule has 0 aromatic carbocycles. The van der Waals surface area contributed by atoms with E-state index in [1.165, 1.54) is 51.4 Å². The van der Waals surface area contributed by atoms with Crippen molar-refractivity contribution >= 4 is 8.07 Å². The Balaban J connectivity index is 1.84. The molecule has 0 heterocycles. The molecule has 6 unspecified atom stereocenters. The largest absolute Gasteiger partial charge is 0.325 e. The van der Waals surface area contributed by atoms with E-state index in [-0.39, 0.29) is 11.1 Å². The van der Waals surface area contributed by atoms with Crippen LogP contribution in [-0.2, 0) is 0 Å². The molecule has 0 spiro atoms. The van der Waals surface area contributed by atoms with Crippen LogP contribution in [0.15, 0.2) is 0 Å². The summed E-state index contributed by atoms with van der Waals surface area (Å²) < 4.78 is 0. The Labute approximate surface area is 131 Å². The summed E-state index contributed by atoms with van der Waals surface area (Å²) in [6.07, 6.45) is 11.0. The molecule has 4 bridgehead atoms. The summed E-state index contributed by atoms with van der Waals surface area (Å²) >= 11 is 0. The van der Waals surface area contributed by atoms with Crippen molar-refractivity contribution in [3.05, 3.63) is 0 Å². The van der Waals surface area contributed by atoms with Crippen molar-refractivity contribution < 1.29 is 0 Å². The van der Waals surface area contributed by atoms with Crippen LogP contribution in [0.3, 0.4) is 0 Å². The number of nitrogens with two attached hydrogens (primary N) is 2. The highest BCUT2D eigenvalue weighted by atomic mass is 28.3. The Kier molecular flexibility index (Phi) is 2.65. The Morgan fingerprint density at radius 2 is 1.14 bits per heavy atom. The maximum absolute atomic E-state index is 6.96. The minimum Gasteiger partial charge on any atom is -0.325 e. The van der Waals surface area contributed by atoms with Crippen molar-refractivity contribution in [2.24, 2.45) is 23.3 Å². The molecule has 0 saturated heterocycles. The monoisotopic (exact) mass is 306 g/mol. The molecule has 120 valence electrons. The molecule has 4 aliphatic rings. The third-order valence-electron chi connectivity index (χ3n) is 9.24. The van der Waals surface area contributed by atoms with Gasteiger partial charge in [-0.05, 0) is 74.3 Å². The van der Waals surface area contributed by atoms with E-state index in [1.807, 2.05) is 0 Å². The summed E-state index contributed by atoms with van der Waals surface area (Å²) in [6, 6.07) is 0. The van der Waals surface area contributed by atoms with Crippen LogP contribution in [0.4, 0.5) is 0 Å². The van der Waals surface area contributed by atoms with Crippen molar-refractivity contribution in [2.45, 2.75) is 99.5 Å². The molecule has 4 rings (SSSR count). The van der Waals surface area contributed by atoms with Crippen LogP contribution in [0.25, 0.3) is 0 Å². The second-order valence-electron chi connectivity index (χ2n) is 10.3. The predicted octanol–water partition coefficient (Wildman–Crippen LogP) is 4.02. The Bertz CT molecular complexity index is 442. The van der Waals surface area contributed by atoms with E-state index in [4.69, 9.17) is 11.5 Å². The molecule has 0 radical (unpaired) electrons. The molecule has 0 amide bonds. The quantitative estimate of drug-likeness (QED) is 0.757. The smallest absolute Gasteiger partial charge is 0.0642 e. The van der Waals surface area contributed by atoms with Gasteiger partial charge in [-0.15, -0.1) is 0 Å². The Morgan fingerprint density at radius 1 is 0.762 bits per heavy atom. The van der Waals surface area contributed by atoms with Gasteiger partial charge in [0.25, 0.3) is 0 Å². The molecule has 6 atom stereocenters. The highest BCUT2D eigenvalue weighted by Crippen LogP contribution is 2.78. The van der Waals surface area contributed by atoms with Gasteiger partial charge in [0.1, 0.15) is 0 Å². The first kappa shape index (κ1) is 14.7. The number of hydrogen-bond acceptors (Lipinski definition) is 2. The summed E-state index contributed by atoms with van der Waals surface area (Å²) in [4.78, 5) is 0. The van der Waals surface area contributed by atoms with Gasteiger partial charge in [0.2, 0.25) is 0 Å². The van der Waals surface area contributed by atoms with Gasteiger partial charge in [0.05, 0.1) is 8.07 Å². The lowest BCUT2D eigenvalue weighted by atomic mass is 9.81. The molecule has 4 aliphatic carbocycles. The molecular formula is C18H34N2Si. The molecule has 0 aromatic rings. The molecule has 21 heavy (non-hydrogen) atoms. The summed E-state index contributed by atoms with van der Waals surface area (Å²) in [6.45, 7) is 10.1. The summed E-state index contributed by atoms with van der Waals surface area (Å²) in [5, 5.41) is 0.898. The molecule has 4 fully saturated rings. The van der Waals surface area contributed by atoms with E-state index >= 15 is 0 Å². The third-order valence-corrected chi connectivity index (χ3v) is 16.1. The van der Waals surface area contributed by atoms with E-state index in [0.29, 0.717) is 10.1 Å².